The summed E-state index contributed by atoms with van der Waals surface area (Å²) in [6, 6.07) is 7.02. The lowest BCUT2D eigenvalue weighted by atomic mass is 10.1. The Morgan fingerprint density at radius 2 is 2.16 bits per heavy atom. The van der Waals surface area contributed by atoms with Crippen LogP contribution in [0, 0.1) is 6.92 Å². The summed E-state index contributed by atoms with van der Waals surface area (Å²) in [5, 5.41) is 2.80. The Bertz CT molecular complexity index is 652. The fraction of sp³-hybridized carbons (Fsp3) is 0.0769. The molecule has 0 radical (unpaired) electrons. The molecular formula is C13H11BrN2O2S. The van der Waals surface area contributed by atoms with Crippen molar-refractivity contribution in [2.45, 2.75) is 6.92 Å². The number of anilines is 1. The molecule has 4 nitrogen and oxygen atoms in total. The quantitative estimate of drug-likeness (QED) is 0.843. The maximum atomic E-state index is 12.1. The van der Waals surface area contributed by atoms with Crippen molar-refractivity contribution in [1.82, 2.24) is 0 Å². The highest BCUT2D eigenvalue weighted by molar-refractivity contribution is 9.10. The molecule has 0 fully saturated rings. The van der Waals surface area contributed by atoms with E-state index in [4.69, 9.17) is 22.4 Å². The van der Waals surface area contributed by atoms with E-state index in [2.05, 4.69) is 21.2 Å². The van der Waals surface area contributed by atoms with E-state index in [-0.39, 0.29) is 5.91 Å². The summed E-state index contributed by atoms with van der Waals surface area (Å²) in [5.41, 5.74) is 8.31. The van der Waals surface area contributed by atoms with E-state index in [0.717, 1.165) is 5.56 Å². The normalized spacial score (nSPS) is 10.2. The summed E-state index contributed by atoms with van der Waals surface area (Å²) >= 11 is 8.09. The molecule has 0 aliphatic rings. The van der Waals surface area contributed by atoms with Gasteiger partial charge in [-0.3, -0.25) is 4.79 Å². The van der Waals surface area contributed by atoms with Gasteiger partial charge in [0.15, 0.2) is 4.67 Å². The highest BCUT2D eigenvalue weighted by atomic mass is 79.9. The fourth-order valence-corrected chi connectivity index (χ4v) is 2.10. The van der Waals surface area contributed by atoms with Gasteiger partial charge in [0.25, 0.3) is 5.91 Å². The minimum Gasteiger partial charge on any atom is -0.457 e. The van der Waals surface area contributed by atoms with Crippen LogP contribution in [0.3, 0.4) is 0 Å². The van der Waals surface area contributed by atoms with Gasteiger partial charge in [-0.05, 0) is 40.5 Å². The zero-order valence-corrected chi connectivity index (χ0v) is 12.5. The molecule has 98 valence electrons. The molecular weight excluding hydrogens is 328 g/mol. The maximum absolute atomic E-state index is 12.1. The van der Waals surface area contributed by atoms with Gasteiger partial charge in [0.05, 0.1) is 11.8 Å². The second-order valence-electron chi connectivity index (χ2n) is 3.96. The van der Waals surface area contributed by atoms with Crippen LogP contribution >= 0.6 is 28.1 Å². The molecule has 19 heavy (non-hydrogen) atoms. The third-order valence-electron chi connectivity index (χ3n) is 2.63. The van der Waals surface area contributed by atoms with Crippen LogP contribution < -0.4 is 11.1 Å². The molecule has 6 heteroatoms. The topological polar surface area (TPSA) is 68.3 Å². The number of nitrogens with one attached hydrogen (secondary N) is 1. The number of rotatable bonds is 3. The molecule has 1 aromatic carbocycles. The van der Waals surface area contributed by atoms with Gasteiger partial charge in [-0.25, -0.2) is 0 Å². The van der Waals surface area contributed by atoms with E-state index in [0.29, 0.717) is 26.5 Å². The van der Waals surface area contributed by atoms with Gasteiger partial charge in [-0.2, -0.15) is 0 Å². The second kappa shape index (κ2) is 5.54. The second-order valence-corrected chi connectivity index (χ2v) is 5.12. The van der Waals surface area contributed by atoms with Crippen LogP contribution in [0.5, 0.6) is 0 Å². The number of aryl methyl sites for hydroxylation is 1. The largest absolute Gasteiger partial charge is 0.457 e. The van der Waals surface area contributed by atoms with Crippen molar-refractivity contribution in [2.75, 3.05) is 5.32 Å². The summed E-state index contributed by atoms with van der Waals surface area (Å²) < 4.78 is 5.43. The molecule has 0 atom stereocenters. The first kappa shape index (κ1) is 13.8. The number of benzene rings is 1. The highest BCUT2D eigenvalue weighted by Crippen LogP contribution is 2.21. The first-order valence-corrected chi connectivity index (χ1v) is 6.64. The first-order valence-electron chi connectivity index (χ1n) is 5.44. The van der Waals surface area contributed by atoms with Crippen LogP contribution in [0.15, 0.2) is 39.6 Å². The molecule has 0 aliphatic carbocycles. The molecule has 3 N–H and O–H groups in total. The van der Waals surface area contributed by atoms with Crippen molar-refractivity contribution in [3.05, 3.63) is 51.9 Å². The molecule has 0 unspecified atom stereocenters. The monoisotopic (exact) mass is 338 g/mol. The van der Waals surface area contributed by atoms with E-state index in [1.54, 1.807) is 12.1 Å². The Balaban J connectivity index is 2.28. The Labute approximate surface area is 124 Å². The number of hydrogen-bond donors (Lipinski definition) is 2. The predicted molar refractivity (Wildman–Crippen MR) is 81.4 cm³/mol. The standard InChI is InChI=1S/C13H11BrN2O2S/c1-7-2-3-8(12(15)19)6-10(7)16-13(17)9-4-5-18-11(9)14/h2-6H,1H3,(H2,15,19)(H,16,17). The number of amides is 1. The predicted octanol–water partition coefficient (Wildman–Crippen LogP) is 3.24. The van der Waals surface area contributed by atoms with Gasteiger partial charge in [0, 0.05) is 11.3 Å². The van der Waals surface area contributed by atoms with Crippen molar-refractivity contribution in [3.8, 4) is 0 Å². The van der Waals surface area contributed by atoms with Crippen LogP contribution in [0.25, 0.3) is 0 Å². The highest BCUT2D eigenvalue weighted by Gasteiger charge is 2.14. The molecule has 0 spiro atoms. The number of halogens is 1. The Hall–Kier alpha value is -1.66. The average Bonchev–Trinajstić information content (AvgIpc) is 2.78. The van der Waals surface area contributed by atoms with Gasteiger partial charge in [0.1, 0.15) is 4.99 Å². The molecule has 1 heterocycles. The first-order chi connectivity index (χ1) is 8.99. The van der Waals surface area contributed by atoms with E-state index in [9.17, 15) is 4.79 Å². The SMILES string of the molecule is Cc1ccc(C(N)=S)cc1NC(=O)c1ccoc1Br. The summed E-state index contributed by atoms with van der Waals surface area (Å²) in [7, 11) is 0. The molecule has 0 aliphatic heterocycles. The van der Waals surface area contributed by atoms with Crippen molar-refractivity contribution in [2.24, 2.45) is 5.73 Å². The summed E-state index contributed by atoms with van der Waals surface area (Å²) in [4.78, 5) is 12.4. The van der Waals surface area contributed by atoms with E-state index < -0.39 is 0 Å². The van der Waals surface area contributed by atoms with Crippen LogP contribution in [0.2, 0.25) is 0 Å². The molecule has 1 aromatic heterocycles. The van der Waals surface area contributed by atoms with E-state index in [1.165, 1.54) is 6.26 Å². The van der Waals surface area contributed by atoms with Gasteiger partial charge >= 0.3 is 0 Å². The molecule has 0 bridgehead atoms. The number of hydrogen-bond acceptors (Lipinski definition) is 3. The van der Waals surface area contributed by atoms with E-state index in [1.807, 2.05) is 19.1 Å². The van der Waals surface area contributed by atoms with Gasteiger partial charge < -0.3 is 15.5 Å². The Morgan fingerprint density at radius 3 is 2.74 bits per heavy atom. The van der Waals surface area contributed by atoms with Crippen LogP contribution in [0.4, 0.5) is 5.69 Å². The minimum absolute atomic E-state index is 0.260. The molecule has 1 amide bonds. The van der Waals surface area contributed by atoms with Crippen molar-refractivity contribution >= 4 is 44.7 Å². The molecule has 0 saturated heterocycles. The minimum atomic E-state index is -0.260. The summed E-state index contributed by atoms with van der Waals surface area (Å²) in [6.45, 7) is 1.89. The van der Waals surface area contributed by atoms with Gasteiger partial charge in [-0.1, -0.05) is 24.4 Å². The number of furan rings is 1. The lowest BCUT2D eigenvalue weighted by Crippen LogP contribution is -2.14. The van der Waals surface area contributed by atoms with E-state index >= 15 is 0 Å². The molecule has 2 rings (SSSR count). The number of thiocarbonyl (C=S) groups is 1. The van der Waals surface area contributed by atoms with Crippen molar-refractivity contribution in [3.63, 3.8) is 0 Å². The lowest BCUT2D eigenvalue weighted by Gasteiger charge is -2.09. The van der Waals surface area contributed by atoms with Crippen molar-refractivity contribution < 1.29 is 9.21 Å². The Morgan fingerprint density at radius 1 is 1.42 bits per heavy atom. The van der Waals surface area contributed by atoms with Crippen molar-refractivity contribution in [1.29, 1.82) is 0 Å². The van der Waals surface area contributed by atoms with Crippen LogP contribution in [-0.2, 0) is 0 Å². The average molecular weight is 339 g/mol. The third-order valence-corrected chi connectivity index (χ3v) is 3.48. The summed E-state index contributed by atoms with van der Waals surface area (Å²) in [6.07, 6.45) is 1.44. The van der Waals surface area contributed by atoms with Crippen LogP contribution in [-0.4, -0.2) is 10.9 Å². The zero-order chi connectivity index (χ0) is 14.0. The number of nitrogens with two attached hydrogens (primary N) is 1. The summed E-state index contributed by atoms with van der Waals surface area (Å²) in [5.74, 6) is -0.260. The number of carbonyl (C=O) groups is 1. The number of carbonyl (C=O) groups excluding carboxylic acids is 1. The Kier molecular flexibility index (Phi) is 4.01. The van der Waals surface area contributed by atoms with Crippen LogP contribution in [0.1, 0.15) is 21.5 Å². The third kappa shape index (κ3) is 3.02. The van der Waals surface area contributed by atoms with Gasteiger partial charge in [0.2, 0.25) is 0 Å². The molecule has 0 saturated carbocycles. The lowest BCUT2D eigenvalue weighted by molar-refractivity contribution is 0.102. The fourth-order valence-electron chi connectivity index (χ4n) is 1.56. The maximum Gasteiger partial charge on any atom is 0.260 e. The smallest absolute Gasteiger partial charge is 0.260 e. The molecule has 2 aromatic rings. The zero-order valence-electron chi connectivity index (χ0n) is 10.1. The van der Waals surface area contributed by atoms with Gasteiger partial charge in [-0.15, -0.1) is 0 Å².